The molecule has 2 amide bonds. The van der Waals surface area contributed by atoms with E-state index in [1.54, 1.807) is 11.1 Å². The smallest absolute Gasteiger partial charge is 0.322 e. The number of aromatic nitrogens is 1. The molecule has 29 heavy (non-hydrogen) atoms. The number of carbonyl (C=O) groups is 1. The first kappa shape index (κ1) is 20.3. The summed E-state index contributed by atoms with van der Waals surface area (Å²) in [7, 11) is 0. The number of pyridine rings is 1. The highest BCUT2D eigenvalue weighted by molar-refractivity contribution is 6.34. The van der Waals surface area contributed by atoms with Crippen LogP contribution in [-0.4, -0.2) is 48.6 Å². The van der Waals surface area contributed by atoms with E-state index in [0.717, 1.165) is 17.9 Å². The van der Waals surface area contributed by atoms with Crippen molar-refractivity contribution in [1.82, 2.24) is 15.2 Å². The van der Waals surface area contributed by atoms with Crippen LogP contribution in [-0.2, 0) is 12.0 Å². The van der Waals surface area contributed by atoms with Crippen molar-refractivity contribution in [3.63, 3.8) is 0 Å². The lowest BCUT2D eigenvalue weighted by Crippen LogP contribution is -2.50. The van der Waals surface area contributed by atoms with Crippen molar-refractivity contribution >= 4 is 40.7 Å². The molecule has 2 N–H and O–H groups in total. The van der Waals surface area contributed by atoms with E-state index in [-0.39, 0.29) is 11.4 Å². The zero-order valence-corrected chi connectivity index (χ0v) is 18.1. The van der Waals surface area contributed by atoms with Gasteiger partial charge in [-0.2, -0.15) is 0 Å². The average Bonchev–Trinajstić information content (AvgIpc) is 2.70. The Balaban J connectivity index is 1.43. The Morgan fingerprint density at radius 2 is 1.93 bits per heavy atom. The number of piperazine rings is 1. The predicted octanol–water partition coefficient (Wildman–Crippen LogP) is 4.12. The standard InChI is InChI=1S/C21H25Cl2N5O/c1-21(2)13-24-12-14-15(21)5-6-17(18(14)23)26-20(29)28-10-8-27(9-11-28)19-16(22)4-3-7-25-19/h3-7,24H,8-13H2,1-2H3,(H,26,29). The van der Waals surface area contributed by atoms with Gasteiger partial charge in [0, 0.05) is 50.9 Å². The molecule has 1 aromatic carbocycles. The van der Waals surface area contributed by atoms with Crippen LogP contribution in [0.15, 0.2) is 30.5 Å². The van der Waals surface area contributed by atoms with E-state index in [1.807, 2.05) is 18.2 Å². The van der Waals surface area contributed by atoms with Crippen molar-refractivity contribution in [2.45, 2.75) is 25.8 Å². The Kier molecular flexibility index (Phi) is 5.60. The predicted molar refractivity (Wildman–Crippen MR) is 118 cm³/mol. The molecule has 0 atom stereocenters. The van der Waals surface area contributed by atoms with Crippen LogP contribution in [0.2, 0.25) is 10.0 Å². The number of hydrogen-bond acceptors (Lipinski definition) is 4. The van der Waals surface area contributed by atoms with E-state index in [2.05, 4.69) is 40.4 Å². The van der Waals surface area contributed by atoms with Crippen LogP contribution in [0.3, 0.4) is 0 Å². The minimum atomic E-state index is -0.137. The Bertz CT molecular complexity index is 925. The molecule has 0 saturated carbocycles. The molecule has 2 aliphatic rings. The van der Waals surface area contributed by atoms with Crippen molar-refractivity contribution in [2.24, 2.45) is 0 Å². The number of benzene rings is 1. The number of amides is 2. The number of fused-ring (bicyclic) bond motifs is 1. The van der Waals surface area contributed by atoms with Gasteiger partial charge in [0.25, 0.3) is 0 Å². The summed E-state index contributed by atoms with van der Waals surface area (Å²) in [4.78, 5) is 21.1. The summed E-state index contributed by atoms with van der Waals surface area (Å²) in [5, 5.41) is 7.65. The zero-order valence-electron chi connectivity index (χ0n) is 16.6. The van der Waals surface area contributed by atoms with Gasteiger partial charge in [0.1, 0.15) is 5.82 Å². The van der Waals surface area contributed by atoms with Crippen molar-refractivity contribution in [3.05, 3.63) is 51.6 Å². The first-order valence-electron chi connectivity index (χ1n) is 9.81. The normalized spacial score (nSPS) is 18.3. The molecular weight excluding hydrogens is 409 g/mol. The maximum atomic E-state index is 12.8. The molecule has 2 aliphatic heterocycles. The second-order valence-electron chi connectivity index (χ2n) is 8.15. The Hall–Kier alpha value is -2.02. The monoisotopic (exact) mass is 433 g/mol. The SMILES string of the molecule is CC1(C)CNCc2c1ccc(NC(=O)N1CCN(c3ncccc3Cl)CC1)c2Cl. The lowest BCUT2D eigenvalue weighted by atomic mass is 9.79. The van der Waals surface area contributed by atoms with Gasteiger partial charge < -0.3 is 20.4 Å². The molecule has 0 bridgehead atoms. The van der Waals surface area contributed by atoms with Gasteiger partial charge in [-0.1, -0.05) is 43.1 Å². The summed E-state index contributed by atoms with van der Waals surface area (Å²) in [5.74, 6) is 0.766. The second-order valence-corrected chi connectivity index (χ2v) is 8.94. The molecule has 6 nitrogen and oxygen atoms in total. The number of nitrogens with zero attached hydrogens (tertiary/aromatic N) is 3. The summed E-state index contributed by atoms with van der Waals surface area (Å²) in [6.07, 6.45) is 1.73. The fourth-order valence-corrected chi connectivity index (χ4v) is 4.57. The molecule has 3 heterocycles. The number of rotatable bonds is 2. The van der Waals surface area contributed by atoms with Crippen molar-refractivity contribution < 1.29 is 4.79 Å². The molecule has 8 heteroatoms. The average molecular weight is 434 g/mol. The van der Waals surface area contributed by atoms with Crippen molar-refractivity contribution in [2.75, 3.05) is 42.9 Å². The number of nitrogens with one attached hydrogen (secondary N) is 2. The Morgan fingerprint density at radius 3 is 2.66 bits per heavy atom. The van der Waals surface area contributed by atoms with Crippen LogP contribution in [0.4, 0.5) is 16.3 Å². The van der Waals surface area contributed by atoms with Gasteiger partial charge in [0.15, 0.2) is 0 Å². The summed E-state index contributed by atoms with van der Waals surface area (Å²) < 4.78 is 0. The first-order valence-corrected chi connectivity index (χ1v) is 10.6. The summed E-state index contributed by atoms with van der Waals surface area (Å²) in [5.41, 5.74) is 2.98. The molecule has 4 rings (SSSR count). The third-order valence-electron chi connectivity index (χ3n) is 5.69. The van der Waals surface area contributed by atoms with Crippen molar-refractivity contribution in [3.8, 4) is 0 Å². The summed E-state index contributed by atoms with van der Waals surface area (Å²) in [6, 6.07) is 7.50. The minimum absolute atomic E-state index is 0.0167. The molecule has 0 unspecified atom stereocenters. The maximum Gasteiger partial charge on any atom is 0.322 e. The third kappa shape index (κ3) is 4.02. The minimum Gasteiger partial charge on any atom is -0.352 e. The van der Waals surface area contributed by atoms with Crippen LogP contribution < -0.4 is 15.5 Å². The van der Waals surface area contributed by atoms with Crippen molar-refractivity contribution in [1.29, 1.82) is 0 Å². The van der Waals surface area contributed by atoms with E-state index >= 15 is 0 Å². The molecule has 1 aromatic heterocycles. The Morgan fingerprint density at radius 1 is 1.17 bits per heavy atom. The molecule has 1 saturated heterocycles. The van der Waals surface area contributed by atoms with Crippen LogP contribution >= 0.6 is 23.2 Å². The number of hydrogen-bond donors (Lipinski definition) is 2. The highest BCUT2D eigenvalue weighted by atomic mass is 35.5. The molecule has 0 radical (unpaired) electrons. The van der Waals surface area contributed by atoms with Gasteiger partial charge in [-0.25, -0.2) is 9.78 Å². The van der Waals surface area contributed by atoms with E-state index in [1.165, 1.54) is 5.56 Å². The molecule has 2 aromatic rings. The topological polar surface area (TPSA) is 60.5 Å². The largest absolute Gasteiger partial charge is 0.352 e. The fraction of sp³-hybridized carbons (Fsp3) is 0.429. The van der Waals surface area contributed by atoms with Gasteiger partial charge in [0.05, 0.1) is 15.7 Å². The summed E-state index contributed by atoms with van der Waals surface area (Å²) >= 11 is 12.9. The zero-order chi connectivity index (χ0) is 20.6. The van der Waals surface area contributed by atoms with E-state index in [4.69, 9.17) is 23.2 Å². The fourth-order valence-electron chi connectivity index (χ4n) is 4.05. The highest BCUT2D eigenvalue weighted by Gasteiger charge is 2.30. The van der Waals surface area contributed by atoms with Gasteiger partial charge in [-0.15, -0.1) is 0 Å². The lowest BCUT2D eigenvalue weighted by molar-refractivity contribution is 0.208. The van der Waals surface area contributed by atoms with Gasteiger partial charge in [-0.3, -0.25) is 0 Å². The van der Waals surface area contributed by atoms with Gasteiger partial charge >= 0.3 is 6.03 Å². The van der Waals surface area contributed by atoms with Crippen LogP contribution in [0.1, 0.15) is 25.0 Å². The van der Waals surface area contributed by atoms with Gasteiger partial charge in [0.2, 0.25) is 0 Å². The lowest BCUT2D eigenvalue weighted by Gasteiger charge is -2.36. The molecule has 154 valence electrons. The molecule has 1 fully saturated rings. The number of urea groups is 1. The third-order valence-corrected chi connectivity index (χ3v) is 6.41. The van der Waals surface area contributed by atoms with Crippen LogP contribution in [0.25, 0.3) is 0 Å². The van der Waals surface area contributed by atoms with E-state index in [0.29, 0.717) is 48.5 Å². The van der Waals surface area contributed by atoms with Crippen LogP contribution in [0, 0.1) is 0 Å². The van der Waals surface area contributed by atoms with E-state index < -0.39 is 0 Å². The number of halogens is 2. The molecule has 0 aliphatic carbocycles. The van der Waals surface area contributed by atoms with Crippen LogP contribution in [0.5, 0.6) is 0 Å². The highest BCUT2D eigenvalue weighted by Crippen LogP contribution is 2.37. The number of anilines is 2. The quantitative estimate of drug-likeness (QED) is 0.747. The summed E-state index contributed by atoms with van der Waals surface area (Å²) in [6.45, 7) is 8.56. The first-order chi connectivity index (χ1) is 13.9. The second kappa shape index (κ2) is 8.01. The van der Waals surface area contributed by atoms with E-state index in [9.17, 15) is 4.79 Å². The Labute approximate surface area is 181 Å². The molecular formula is C21H25Cl2N5O. The molecule has 0 spiro atoms. The number of carbonyl (C=O) groups excluding carboxylic acids is 1. The maximum absolute atomic E-state index is 12.8. The van der Waals surface area contributed by atoms with Gasteiger partial charge in [-0.05, 0) is 29.3 Å².